The van der Waals surface area contributed by atoms with Crippen molar-refractivity contribution in [3.63, 3.8) is 0 Å². The number of aryl methyl sites for hydroxylation is 2. The molecule has 0 aliphatic heterocycles. The Hall–Kier alpha value is -2.10. The number of ether oxygens (including phenoxy) is 1. The van der Waals surface area contributed by atoms with Gasteiger partial charge in [0.1, 0.15) is 0 Å². The van der Waals surface area contributed by atoms with Gasteiger partial charge in [0.25, 0.3) is 0 Å². The van der Waals surface area contributed by atoms with Crippen LogP contribution in [0.3, 0.4) is 0 Å². The first-order valence-electron chi connectivity index (χ1n) is 5.23. The largest absolute Gasteiger partial charge is 0.436 e. The van der Waals surface area contributed by atoms with E-state index in [0.717, 1.165) is 5.56 Å². The minimum atomic E-state index is -0.410. The van der Waals surface area contributed by atoms with E-state index >= 15 is 0 Å². The molecule has 0 saturated heterocycles. The molecule has 2 N–H and O–H groups in total. The van der Waals surface area contributed by atoms with Gasteiger partial charge < -0.3 is 10.5 Å². The second kappa shape index (κ2) is 4.41. The van der Waals surface area contributed by atoms with Crippen molar-refractivity contribution >= 4 is 5.69 Å². The number of nitrogen functional groups attached to an aromatic ring is 1. The second-order valence-electron chi connectivity index (χ2n) is 3.86. The number of benzene rings is 1. The van der Waals surface area contributed by atoms with E-state index in [1.54, 1.807) is 31.2 Å². The second-order valence-corrected chi connectivity index (χ2v) is 3.86. The van der Waals surface area contributed by atoms with Gasteiger partial charge in [-0.1, -0.05) is 6.07 Å². The van der Waals surface area contributed by atoms with Crippen molar-refractivity contribution in [1.29, 1.82) is 0 Å². The van der Waals surface area contributed by atoms with E-state index in [1.165, 1.54) is 6.07 Å². The molecule has 0 atom stereocenters. The van der Waals surface area contributed by atoms with Crippen molar-refractivity contribution < 1.29 is 9.13 Å². The van der Waals surface area contributed by atoms with E-state index in [0.29, 0.717) is 17.3 Å². The molecule has 4 heteroatoms. The van der Waals surface area contributed by atoms with E-state index < -0.39 is 5.82 Å². The van der Waals surface area contributed by atoms with Crippen molar-refractivity contribution in [1.82, 2.24) is 4.98 Å². The fourth-order valence-electron chi connectivity index (χ4n) is 1.41. The lowest BCUT2D eigenvalue weighted by Gasteiger charge is -2.08. The molecule has 0 radical (unpaired) electrons. The van der Waals surface area contributed by atoms with Gasteiger partial charge in [-0.3, -0.25) is 0 Å². The highest BCUT2D eigenvalue weighted by molar-refractivity contribution is 5.44. The molecule has 2 rings (SSSR count). The van der Waals surface area contributed by atoms with E-state index in [4.69, 9.17) is 10.5 Å². The third-order valence-corrected chi connectivity index (χ3v) is 2.40. The zero-order valence-corrected chi connectivity index (χ0v) is 9.70. The Kier molecular flexibility index (Phi) is 2.95. The lowest BCUT2D eigenvalue weighted by atomic mass is 10.2. The molecule has 1 aromatic heterocycles. The Morgan fingerprint density at radius 3 is 2.65 bits per heavy atom. The van der Waals surface area contributed by atoms with E-state index in [-0.39, 0.29) is 5.75 Å². The average Bonchev–Trinajstić information content (AvgIpc) is 2.29. The van der Waals surface area contributed by atoms with Crippen molar-refractivity contribution in [2.45, 2.75) is 13.8 Å². The lowest BCUT2D eigenvalue weighted by molar-refractivity contribution is 0.426. The molecule has 0 spiro atoms. The van der Waals surface area contributed by atoms with Crippen molar-refractivity contribution in [2.75, 3.05) is 5.73 Å². The molecular weight excluding hydrogens is 219 g/mol. The predicted molar refractivity (Wildman–Crippen MR) is 64.6 cm³/mol. The Bertz CT molecular complexity index is 555. The quantitative estimate of drug-likeness (QED) is 0.864. The first-order valence-corrected chi connectivity index (χ1v) is 5.23. The third-order valence-electron chi connectivity index (χ3n) is 2.40. The normalized spacial score (nSPS) is 10.3. The van der Waals surface area contributed by atoms with Crippen LogP contribution >= 0.6 is 0 Å². The van der Waals surface area contributed by atoms with Gasteiger partial charge in [0.15, 0.2) is 11.6 Å². The van der Waals surface area contributed by atoms with Gasteiger partial charge in [-0.05, 0) is 37.6 Å². The van der Waals surface area contributed by atoms with Gasteiger partial charge in [0, 0.05) is 6.07 Å². The molecule has 88 valence electrons. The van der Waals surface area contributed by atoms with Gasteiger partial charge in [-0.2, -0.15) is 0 Å². The van der Waals surface area contributed by atoms with E-state index in [2.05, 4.69) is 4.98 Å². The van der Waals surface area contributed by atoms with Gasteiger partial charge in [0.05, 0.1) is 11.4 Å². The summed E-state index contributed by atoms with van der Waals surface area (Å²) in [5.74, 6) is 0.0924. The standard InChI is InChI=1S/C13H13FN2O/c1-8-3-4-10(14)12(7-8)17-13-6-5-11(15)9(2)16-13/h3-7H,15H2,1-2H3. The fraction of sp³-hybridized carbons (Fsp3) is 0.154. The Balaban J connectivity index is 2.31. The zero-order chi connectivity index (χ0) is 12.4. The highest BCUT2D eigenvalue weighted by atomic mass is 19.1. The number of rotatable bonds is 2. The molecular formula is C13H13FN2O. The number of hydrogen-bond donors (Lipinski definition) is 1. The van der Waals surface area contributed by atoms with Gasteiger partial charge in [0.2, 0.25) is 5.88 Å². The Labute approximate surface area is 99.1 Å². The number of nitrogens with zero attached hydrogens (tertiary/aromatic N) is 1. The van der Waals surface area contributed by atoms with Gasteiger partial charge in [-0.15, -0.1) is 0 Å². The molecule has 1 heterocycles. The molecule has 3 nitrogen and oxygen atoms in total. The van der Waals surface area contributed by atoms with Crippen LogP contribution in [0, 0.1) is 19.7 Å². The zero-order valence-electron chi connectivity index (χ0n) is 9.70. The summed E-state index contributed by atoms with van der Waals surface area (Å²) >= 11 is 0. The van der Waals surface area contributed by atoms with E-state index in [9.17, 15) is 4.39 Å². The first kappa shape index (κ1) is 11.4. The first-order chi connectivity index (χ1) is 8.06. The molecule has 0 aliphatic rings. The molecule has 17 heavy (non-hydrogen) atoms. The van der Waals surface area contributed by atoms with Crippen LogP contribution in [0.4, 0.5) is 10.1 Å². The Morgan fingerprint density at radius 1 is 1.18 bits per heavy atom. The number of anilines is 1. The summed E-state index contributed by atoms with van der Waals surface area (Å²) in [7, 11) is 0. The van der Waals surface area contributed by atoms with Crippen molar-refractivity contribution in [2.24, 2.45) is 0 Å². The SMILES string of the molecule is Cc1ccc(F)c(Oc2ccc(N)c(C)n2)c1. The highest BCUT2D eigenvalue weighted by Gasteiger charge is 2.06. The number of hydrogen-bond acceptors (Lipinski definition) is 3. The summed E-state index contributed by atoms with van der Waals surface area (Å²) in [5, 5.41) is 0. The van der Waals surface area contributed by atoms with Crippen LogP contribution in [-0.2, 0) is 0 Å². The van der Waals surface area contributed by atoms with Crippen molar-refractivity contribution in [3.05, 3.63) is 47.4 Å². The Morgan fingerprint density at radius 2 is 1.94 bits per heavy atom. The van der Waals surface area contributed by atoms with Crippen LogP contribution < -0.4 is 10.5 Å². The predicted octanol–water partition coefficient (Wildman–Crippen LogP) is 3.21. The van der Waals surface area contributed by atoms with Crippen LogP contribution in [0.15, 0.2) is 30.3 Å². The monoisotopic (exact) mass is 232 g/mol. The van der Waals surface area contributed by atoms with Crippen molar-refractivity contribution in [3.8, 4) is 11.6 Å². The number of aromatic nitrogens is 1. The maximum atomic E-state index is 13.5. The summed E-state index contributed by atoms with van der Waals surface area (Å²) in [6.45, 7) is 3.64. The lowest BCUT2D eigenvalue weighted by Crippen LogP contribution is -1.96. The molecule has 0 amide bonds. The highest BCUT2D eigenvalue weighted by Crippen LogP contribution is 2.25. The molecule has 0 bridgehead atoms. The number of halogens is 1. The maximum Gasteiger partial charge on any atom is 0.219 e. The molecule has 0 saturated carbocycles. The summed E-state index contributed by atoms with van der Waals surface area (Å²) in [6, 6.07) is 7.98. The smallest absolute Gasteiger partial charge is 0.219 e. The summed E-state index contributed by atoms with van der Waals surface area (Å²) < 4.78 is 18.8. The average molecular weight is 232 g/mol. The molecule has 0 fully saturated rings. The fourth-order valence-corrected chi connectivity index (χ4v) is 1.41. The van der Waals surface area contributed by atoms with E-state index in [1.807, 2.05) is 6.92 Å². The number of pyridine rings is 1. The van der Waals surface area contributed by atoms with Crippen LogP contribution in [0.5, 0.6) is 11.6 Å². The molecule has 1 aromatic carbocycles. The molecule has 0 unspecified atom stereocenters. The minimum Gasteiger partial charge on any atom is -0.436 e. The van der Waals surface area contributed by atoms with Crippen LogP contribution in [0.2, 0.25) is 0 Å². The summed E-state index contributed by atoms with van der Waals surface area (Å²) in [5.41, 5.74) is 7.82. The third kappa shape index (κ3) is 2.53. The van der Waals surface area contributed by atoms with Gasteiger partial charge >= 0.3 is 0 Å². The number of nitrogens with two attached hydrogens (primary N) is 1. The minimum absolute atomic E-state index is 0.168. The van der Waals surface area contributed by atoms with Crippen LogP contribution in [-0.4, -0.2) is 4.98 Å². The topological polar surface area (TPSA) is 48.1 Å². The molecule has 0 aliphatic carbocycles. The van der Waals surface area contributed by atoms with Crippen LogP contribution in [0.1, 0.15) is 11.3 Å². The summed E-state index contributed by atoms with van der Waals surface area (Å²) in [6.07, 6.45) is 0. The summed E-state index contributed by atoms with van der Waals surface area (Å²) in [4.78, 5) is 4.12. The maximum absolute atomic E-state index is 13.5. The van der Waals surface area contributed by atoms with Gasteiger partial charge in [-0.25, -0.2) is 9.37 Å². The molecule has 2 aromatic rings. The van der Waals surface area contributed by atoms with Crippen LogP contribution in [0.25, 0.3) is 0 Å².